The number of ether oxygens (including phenoxy) is 1. The average Bonchev–Trinajstić information content (AvgIpc) is 2.46. The van der Waals surface area contributed by atoms with Crippen molar-refractivity contribution in [1.82, 2.24) is 10.3 Å². The molecule has 0 fully saturated rings. The van der Waals surface area contributed by atoms with Crippen molar-refractivity contribution in [3.63, 3.8) is 0 Å². The lowest BCUT2D eigenvalue weighted by Gasteiger charge is -2.19. The average molecular weight is 300 g/mol. The van der Waals surface area contributed by atoms with E-state index in [1.165, 1.54) is 0 Å². The molecule has 0 saturated carbocycles. The molecule has 1 atom stereocenters. The first-order valence-electron chi connectivity index (χ1n) is 6.96. The summed E-state index contributed by atoms with van der Waals surface area (Å²) < 4.78 is 28.4. The fourth-order valence-electron chi connectivity index (χ4n) is 2.10. The van der Waals surface area contributed by atoms with Crippen molar-refractivity contribution in [3.8, 4) is 5.88 Å². The molecule has 0 spiro atoms. The molecule has 1 rings (SSSR count). The van der Waals surface area contributed by atoms with Crippen LogP contribution in [0.15, 0.2) is 18.3 Å². The zero-order valence-electron chi connectivity index (χ0n) is 12.4. The van der Waals surface area contributed by atoms with Crippen LogP contribution in [-0.2, 0) is 9.84 Å². The first-order valence-corrected chi connectivity index (χ1v) is 8.78. The fourth-order valence-corrected chi connectivity index (χ4v) is 3.00. The molecule has 0 amide bonds. The molecule has 1 heterocycles. The normalized spacial score (nSPS) is 13.2. The number of hydrogen-bond acceptors (Lipinski definition) is 5. The summed E-state index contributed by atoms with van der Waals surface area (Å²) in [4.78, 5) is 4.19. The maximum atomic E-state index is 11.5. The zero-order chi connectivity index (χ0) is 15.0. The van der Waals surface area contributed by atoms with E-state index in [4.69, 9.17) is 4.74 Å². The molecule has 0 saturated heterocycles. The van der Waals surface area contributed by atoms with Crippen molar-refractivity contribution in [1.29, 1.82) is 0 Å². The summed E-state index contributed by atoms with van der Waals surface area (Å²) in [6.07, 6.45) is 3.06. The van der Waals surface area contributed by atoms with Gasteiger partial charge < -0.3 is 10.1 Å². The second-order valence-corrected chi connectivity index (χ2v) is 7.06. The summed E-state index contributed by atoms with van der Waals surface area (Å²) in [6.45, 7) is 4.52. The van der Waals surface area contributed by atoms with Gasteiger partial charge in [0.25, 0.3) is 0 Å². The quantitative estimate of drug-likeness (QED) is 0.755. The topological polar surface area (TPSA) is 68.3 Å². The molecular formula is C14H24N2O3S. The molecule has 1 aromatic heterocycles. The van der Waals surface area contributed by atoms with Gasteiger partial charge >= 0.3 is 0 Å². The molecule has 6 heteroatoms. The van der Waals surface area contributed by atoms with Crippen LogP contribution in [0.5, 0.6) is 5.88 Å². The second-order valence-electron chi connectivity index (χ2n) is 4.59. The fraction of sp³-hybridized carbons (Fsp3) is 0.643. The highest BCUT2D eigenvalue weighted by atomic mass is 32.2. The van der Waals surface area contributed by atoms with Crippen LogP contribution in [-0.4, -0.2) is 38.6 Å². The lowest BCUT2D eigenvalue weighted by molar-refractivity contribution is 0.379. The first kappa shape index (κ1) is 16.9. The summed E-state index contributed by atoms with van der Waals surface area (Å²) in [5.41, 5.74) is 0.978. The Morgan fingerprint density at radius 3 is 2.75 bits per heavy atom. The van der Waals surface area contributed by atoms with Crippen molar-refractivity contribution >= 4 is 9.84 Å². The van der Waals surface area contributed by atoms with E-state index in [1.54, 1.807) is 20.2 Å². The Morgan fingerprint density at radius 1 is 1.40 bits per heavy atom. The summed E-state index contributed by atoms with van der Waals surface area (Å²) in [7, 11) is -1.31. The molecule has 1 unspecified atom stereocenters. The maximum Gasteiger partial charge on any atom is 0.217 e. The van der Waals surface area contributed by atoms with Gasteiger partial charge in [0.2, 0.25) is 5.88 Å². The van der Waals surface area contributed by atoms with Gasteiger partial charge in [-0.05, 0) is 25.5 Å². The third kappa shape index (κ3) is 5.09. The molecule has 5 nitrogen and oxygen atoms in total. The number of aromatic nitrogens is 1. The zero-order valence-corrected chi connectivity index (χ0v) is 13.2. The number of rotatable bonds is 9. The Labute approximate surface area is 121 Å². The van der Waals surface area contributed by atoms with E-state index in [2.05, 4.69) is 10.3 Å². The first-order chi connectivity index (χ1) is 9.54. The van der Waals surface area contributed by atoms with Gasteiger partial charge in [-0.3, -0.25) is 0 Å². The molecule has 0 aliphatic heterocycles. The van der Waals surface area contributed by atoms with Crippen molar-refractivity contribution < 1.29 is 13.2 Å². The summed E-state index contributed by atoms with van der Waals surface area (Å²) in [5, 5.41) is 3.36. The summed E-state index contributed by atoms with van der Waals surface area (Å²) in [5.74, 6) is 1.03. The Kier molecular flexibility index (Phi) is 6.95. The van der Waals surface area contributed by atoms with Crippen LogP contribution in [0.1, 0.15) is 38.3 Å². The molecule has 0 aromatic carbocycles. The smallest absolute Gasteiger partial charge is 0.217 e. The maximum absolute atomic E-state index is 11.5. The van der Waals surface area contributed by atoms with E-state index in [0.29, 0.717) is 12.3 Å². The molecular weight excluding hydrogens is 276 g/mol. The molecule has 0 radical (unpaired) electrons. The molecule has 1 N–H and O–H groups in total. The molecule has 0 bridgehead atoms. The van der Waals surface area contributed by atoms with E-state index < -0.39 is 9.84 Å². The molecule has 0 aliphatic carbocycles. The largest absolute Gasteiger partial charge is 0.481 e. The highest BCUT2D eigenvalue weighted by Gasteiger charge is 2.17. The predicted molar refractivity (Wildman–Crippen MR) is 80.8 cm³/mol. The highest BCUT2D eigenvalue weighted by molar-refractivity contribution is 7.91. The number of pyridine rings is 1. The lowest BCUT2D eigenvalue weighted by Crippen LogP contribution is -2.22. The number of sulfone groups is 1. The van der Waals surface area contributed by atoms with Crippen molar-refractivity contribution in [3.05, 3.63) is 23.9 Å². The Morgan fingerprint density at radius 2 is 2.15 bits per heavy atom. The van der Waals surface area contributed by atoms with Gasteiger partial charge in [-0.15, -0.1) is 0 Å². The molecule has 1 aromatic rings. The highest BCUT2D eigenvalue weighted by Crippen LogP contribution is 2.26. The van der Waals surface area contributed by atoms with Gasteiger partial charge in [0.1, 0.15) is 9.84 Å². The number of methoxy groups -OCH3 is 1. The molecule has 0 aliphatic rings. The van der Waals surface area contributed by atoms with Crippen molar-refractivity contribution in [2.75, 3.05) is 25.2 Å². The molecule has 114 valence electrons. The monoisotopic (exact) mass is 300 g/mol. The van der Waals surface area contributed by atoms with Crippen LogP contribution in [0.3, 0.4) is 0 Å². The Balaban J connectivity index is 2.74. The lowest BCUT2D eigenvalue weighted by atomic mass is 10.0. The summed E-state index contributed by atoms with van der Waals surface area (Å²) in [6, 6.07) is 3.90. The minimum atomic E-state index is -2.90. The molecule has 20 heavy (non-hydrogen) atoms. The Bertz CT molecular complexity index is 503. The predicted octanol–water partition coefficient (Wildman–Crippen LogP) is 1.96. The van der Waals surface area contributed by atoms with Gasteiger partial charge in [0, 0.05) is 23.6 Å². The van der Waals surface area contributed by atoms with Gasteiger partial charge in [-0.25, -0.2) is 13.4 Å². The van der Waals surface area contributed by atoms with E-state index >= 15 is 0 Å². The number of nitrogens with one attached hydrogen (secondary N) is 1. The minimum Gasteiger partial charge on any atom is -0.481 e. The van der Waals surface area contributed by atoms with E-state index in [-0.39, 0.29) is 17.5 Å². The van der Waals surface area contributed by atoms with Gasteiger partial charge in [0.15, 0.2) is 0 Å². The van der Waals surface area contributed by atoms with Gasteiger partial charge in [-0.1, -0.05) is 19.9 Å². The number of hydrogen-bond donors (Lipinski definition) is 1. The van der Waals surface area contributed by atoms with E-state index in [1.807, 2.05) is 19.1 Å². The third-order valence-corrected chi connectivity index (χ3v) is 5.00. The second kappa shape index (κ2) is 8.21. The van der Waals surface area contributed by atoms with Gasteiger partial charge in [0.05, 0.1) is 12.9 Å². The Hall–Kier alpha value is -1.14. The van der Waals surface area contributed by atoms with Gasteiger partial charge in [-0.2, -0.15) is 0 Å². The van der Waals surface area contributed by atoms with Crippen LogP contribution < -0.4 is 10.1 Å². The van der Waals surface area contributed by atoms with E-state index in [9.17, 15) is 8.42 Å². The SMILES string of the molecule is CCNC(CCCS(=O)(=O)CC)c1cccnc1OC. The van der Waals surface area contributed by atoms with Crippen LogP contribution in [0.25, 0.3) is 0 Å². The van der Waals surface area contributed by atoms with Crippen molar-refractivity contribution in [2.24, 2.45) is 0 Å². The van der Waals surface area contributed by atoms with Crippen LogP contribution in [0.2, 0.25) is 0 Å². The number of nitrogens with zero attached hydrogens (tertiary/aromatic N) is 1. The third-order valence-electron chi connectivity index (χ3n) is 3.21. The van der Waals surface area contributed by atoms with Crippen LogP contribution in [0.4, 0.5) is 0 Å². The van der Waals surface area contributed by atoms with Crippen LogP contribution in [0, 0.1) is 0 Å². The summed E-state index contributed by atoms with van der Waals surface area (Å²) >= 11 is 0. The van der Waals surface area contributed by atoms with Crippen molar-refractivity contribution in [2.45, 2.75) is 32.7 Å². The minimum absolute atomic E-state index is 0.0655. The standard InChI is InChI=1S/C14H24N2O3S/c1-4-15-13(9-7-11-20(17,18)5-2)12-8-6-10-16-14(12)19-3/h6,8,10,13,15H,4-5,7,9,11H2,1-3H3. The van der Waals surface area contributed by atoms with Crippen LogP contribution >= 0.6 is 0 Å². The van der Waals surface area contributed by atoms with E-state index in [0.717, 1.165) is 18.5 Å².